The number of hydrogen-bond donors (Lipinski definition) is 2. The Labute approximate surface area is 109 Å². The Bertz CT molecular complexity index is 486. The van der Waals surface area contributed by atoms with Gasteiger partial charge in [0.2, 0.25) is 0 Å². The molecule has 0 saturated heterocycles. The number of aromatic nitrogens is 1. The molecule has 6 heteroatoms. The predicted molar refractivity (Wildman–Crippen MR) is 73.0 cm³/mol. The van der Waals surface area contributed by atoms with E-state index in [0.717, 1.165) is 6.42 Å². The lowest BCUT2D eigenvalue weighted by Gasteiger charge is -2.16. The molecule has 1 unspecified atom stereocenters. The molecule has 0 aliphatic rings. The summed E-state index contributed by atoms with van der Waals surface area (Å²) in [6.45, 7) is 5.98. The fraction of sp³-hybridized carbons (Fsp3) is 0.583. The summed E-state index contributed by atoms with van der Waals surface area (Å²) < 4.78 is 27.0. The normalized spacial score (nSPS) is 13.6. The van der Waals surface area contributed by atoms with Gasteiger partial charge in [0.25, 0.3) is 10.0 Å². The molecule has 0 aromatic carbocycles. The molecule has 0 bridgehead atoms. The Balaban J connectivity index is 2.93. The van der Waals surface area contributed by atoms with E-state index in [1.807, 2.05) is 6.92 Å². The van der Waals surface area contributed by atoms with E-state index >= 15 is 0 Å². The van der Waals surface area contributed by atoms with Crippen molar-refractivity contribution in [2.75, 3.05) is 12.4 Å². The van der Waals surface area contributed by atoms with Gasteiger partial charge < -0.3 is 5.32 Å². The lowest BCUT2D eigenvalue weighted by Crippen LogP contribution is -2.34. The van der Waals surface area contributed by atoms with Crippen LogP contribution < -0.4 is 10.0 Å². The van der Waals surface area contributed by atoms with Crippen LogP contribution in [0.1, 0.15) is 27.2 Å². The summed E-state index contributed by atoms with van der Waals surface area (Å²) in [5.74, 6) is 0.440. The van der Waals surface area contributed by atoms with E-state index in [0.29, 0.717) is 11.6 Å². The van der Waals surface area contributed by atoms with Crippen molar-refractivity contribution in [2.24, 2.45) is 5.92 Å². The SMILES string of the molecule is CNc1cccnc1S(=O)(=O)NC(C)CC(C)C. The topological polar surface area (TPSA) is 71.1 Å². The van der Waals surface area contributed by atoms with Gasteiger partial charge in [-0.3, -0.25) is 0 Å². The largest absolute Gasteiger partial charge is 0.386 e. The van der Waals surface area contributed by atoms with Gasteiger partial charge in [-0.25, -0.2) is 18.1 Å². The molecular weight excluding hydrogens is 250 g/mol. The molecule has 5 nitrogen and oxygen atoms in total. The Kier molecular flexibility index (Phi) is 5.10. The van der Waals surface area contributed by atoms with Crippen LogP contribution in [0.2, 0.25) is 0 Å². The van der Waals surface area contributed by atoms with Crippen molar-refractivity contribution in [3.8, 4) is 0 Å². The average molecular weight is 271 g/mol. The number of nitrogens with zero attached hydrogens (tertiary/aromatic N) is 1. The van der Waals surface area contributed by atoms with E-state index in [2.05, 4.69) is 28.9 Å². The summed E-state index contributed by atoms with van der Waals surface area (Å²) in [5.41, 5.74) is 0.502. The average Bonchev–Trinajstić information content (AvgIpc) is 2.27. The highest BCUT2D eigenvalue weighted by Gasteiger charge is 2.22. The number of pyridine rings is 1. The third-order valence-electron chi connectivity index (χ3n) is 2.48. The van der Waals surface area contributed by atoms with E-state index in [4.69, 9.17) is 0 Å². The first-order chi connectivity index (χ1) is 8.36. The van der Waals surface area contributed by atoms with Gasteiger partial charge in [0, 0.05) is 19.3 Å². The van der Waals surface area contributed by atoms with E-state index < -0.39 is 10.0 Å². The standard InChI is InChI=1S/C12H21N3O2S/c1-9(2)8-10(3)15-18(16,17)12-11(13-4)6-5-7-14-12/h5-7,9-10,13,15H,8H2,1-4H3. The van der Waals surface area contributed by atoms with Crippen LogP contribution in [0, 0.1) is 5.92 Å². The van der Waals surface area contributed by atoms with Gasteiger partial charge in [0.05, 0.1) is 5.69 Å². The molecule has 1 rings (SSSR count). The molecule has 1 aromatic heterocycles. The number of hydrogen-bond acceptors (Lipinski definition) is 4. The number of rotatable bonds is 6. The monoisotopic (exact) mass is 271 g/mol. The lowest BCUT2D eigenvalue weighted by molar-refractivity contribution is 0.481. The van der Waals surface area contributed by atoms with Crippen molar-refractivity contribution in [1.82, 2.24) is 9.71 Å². The van der Waals surface area contributed by atoms with Crippen molar-refractivity contribution in [3.63, 3.8) is 0 Å². The molecular formula is C12H21N3O2S. The second kappa shape index (κ2) is 6.15. The zero-order valence-electron chi connectivity index (χ0n) is 11.3. The number of anilines is 1. The molecule has 0 aliphatic carbocycles. The van der Waals surface area contributed by atoms with Crippen LogP contribution in [0.25, 0.3) is 0 Å². The fourth-order valence-corrected chi connectivity index (χ4v) is 3.27. The van der Waals surface area contributed by atoms with Crippen molar-refractivity contribution >= 4 is 15.7 Å². The summed E-state index contributed by atoms with van der Waals surface area (Å²) in [5, 5.41) is 2.88. The van der Waals surface area contributed by atoms with Gasteiger partial charge in [-0.2, -0.15) is 0 Å². The molecule has 0 fully saturated rings. The van der Waals surface area contributed by atoms with Gasteiger partial charge in [-0.05, 0) is 31.4 Å². The Morgan fingerprint density at radius 1 is 1.33 bits per heavy atom. The zero-order valence-corrected chi connectivity index (χ0v) is 12.1. The molecule has 2 N–H and O–H groups in total. The molecule has 1 atom stereocenters. The minimum atomic E-state index is -3.57. The third-order valence-corrected chi connectivity index (χ3v) is 4.02. The van der Waals surface area contributed by atoms with Crippen LogP contribution in [0.4, 0.5) is 5.69 Å². The van der Waals surface area contributed by atoms with E-state index in [1.165, 1.54) is 6.20 Å². The first kappa shape index (κ1) is 14.9. The smallest absolute Gasteiger partial charge is 0.260 e. The summed E-state index contributed by atoms with van der Waals surface area (Å²) >= 11 is 0. The lowest BCUT2D eigenvalue weighted by atomic mass is 10.1. The second-order valence-corrected chi connectivity index (χ2v) is 6.39. The van der Waals surface area contributed by atoms with Crippen molar-refractivity contribution in [1.29, 1.82) is 0 Å². The molecule has 0 aliphatic heterocycles. The van der Waals surface area contributed by atoms with Crippen LogP contribution in [0.15, 0.2) is 23.4 Å². The van der Waals surface area contributed by atoms with Crippen LogP contribution in [-0.2, 0) is 10.0 Å². The molecule has 0 saturated carbocycles. The summed E-state index contributed by atoms with van der Waals surface area (Å²) in [4.78, 5) is 3.94. The van der Waals surface area contributed by atoms with E-state index in [1.54, 1.807) is 19.2 Å². The second-order valence-electron chi connectivity index (χ2n) is 4.76. The number of sulfonamides is 1. The highest BCUT2D eigenvalue weighted by atomic mass is 32.2. The fourth-order valence-electron chi connectivity index (χ4n) is 1.87. The Hall–Kier alpha value is -1.14. The van der Waals surface area contributed by atoms with Crippen LogP contribution in [0.3, 0.4) is 0 Å². The van der Waals surface area contributed by atoms with Gasteiger partial charge in [0.1, 0.15) is 0 Å². The van der Waals surface area contributed by atoms with Crippen LogP contribution in [0.5, 0.6) is 0 Å². The zero-order chi connectivity index (χ0) is 13.8. The van der Waals surface area contributed by atoms with Crippen LogP contribution in [-0.4, -0.2) is 26.5 Å². The summed E-state index contributed by atoms with van der Waals surface area (Å²) in [6.07, 6.45) is 2.27. The van der Waals surface area contributed by atoms with E-state index in [9.17, 15) is 8.42 Å². The molecule has 1 aromatic rings. The van der Waals surface area contributed by atoms with Gasteiger partial charge in [-0.1, -0.05) is 13.8 Å². The van der Waals surface area contributed by atoms with Gasteiger partial charge in [-0.15, -0.1) is 0 Å². The molecule has 0 radical (unpaired) electrons. The quantitative estimate of drug-likeness (QED) is 0.828. The van der Waals surface area contributed by atoms with Crippen molar-refractivity contribution in [3.05, 3.63) is 18.3 Å². The maximum absolute atomic E-state index is 12.2. The molecule has 0 amide bonds. The van der Waals surface area contributed by atoms with Gasteiger partial charge in [0.15, 0.2) is 5.03 Å². The first-order valence-corrected chi connectivity index (χ1v) is 7.50. The molecule has 0 spiro atoms. The Morgan fingerprint density at radius 3 is 2.56 bits per heavy atom. The maximum Gasteiger partial charge on any atom is 0.260 e. The van der Waals surface area contributed by atoms with Crippen molar-refractivity contribution < 1.29 is 8.42 Å². The molecule has 102 valence electrons. The minimum Gasteiger partial charge on any atom is -0.386 e. The predicted octanol–water partition coefficient (Wildman–Crippen LogP) is 1.84. The molecule has 18 heavy (non-hydrogen) atoms. The van der Waals surface area contributed by atoms with Crippen molar-refractivity contribution in [2.45, 2.75) is 38.3 Å². The summed E-state index contributed by atoms with van der Waals surface area (Å²) in [7, 11) is -1.90. The third kappa shape index (κ3) is 3.96. The highest BCUT2D eigenvalue weighted by molar-refractivity contribution is 7.89. The molecule has 1 heterocycles. The van der Waals surface area contributed by atoms with Gasteiger partial charge >= 0.3 is 0 Å². The maximum atomic E-state index is 12.2. The Morgan fingerprint density at radius 2 is 2.00 bits per heavy atom. The van der Waals surface area contributed by atoms with E-state index in [-0.39, 0.29) is 11.1 Å². The number of nitrogens with one attached hydrogen (secondary N) is 2. The highest BCUT2D eigenvalue weighted by Crippen LogP contribution is 2.18. The summed E-state index contributed by atoms with van der Waals surface area (Å²) in [6, 6.07) is 3.28. The first-order valence-electron chi connectivity index (χ1n) is 6.02. The van der Waals surface area contributed by atoms with Crippen LogP contribution >= 0.6 is 0 Å². The minimum absolute atomic E-state index is 0.0445.